The smallest absolute Gasteiger partial charge is 0.255 e. The molecule has 4 atom stereocenters. The molecule has 4 fully saturated rings. The van der Waals surface area contributed by atoms with Crippen LogP contribution in [0.25, 0.3) is 0 Å². The molecule has 1 aliphatic carbocycles. The Bertz CT molecular complexity index is 870. The number of nitrogens with two attached hydrogens (primary N) is 1. The number of benzene rings is 1. The van der Waals surface area contributed by atoms with Gasteiger partial charge >= 0.3 is 0 Å². The summed E-state index contributed by atoms with van der Waals surface area (Å²) in [5.41, 5.74) is 8.95. The Labute approximate surface area is 170 Å². The lowest BCUT2D eigenvalue weighted by molar-refractivity contribution is -0.136. The number of rotatable bonds is 4. The van der Waals surface area contributed by atoms with Crippen molar-refractivity contribution in [2.45, 2.75) is 57.3 Å². The van der Waals surface area contributed by atoms with Crippen LogP contribution in [0.5, 0.6) is 0 Å². The molecule has 4 heterocycles. The van der Waals surface area contributed by atoms with E-state index in [2.05, 4.69) is 16.3 Å². The van der Waals surface area contributed by atoms with Gasteiger partial charge in [-0.25, -0.2) is 0 Å². The Balaban J connectivity index is 1.37. The summed E-state index contributed by atoms with van der Waals surface area (Å²) in [7, 11) is 0. The average Bonchev–Trinajstić information content (AvgIpc) is 3.06. The number of imide groups is 1. The van der Waals surface area contributed by atoms with E-state index in [4.69, 9.17) is 5.73 Å². The molecular formula is C22H28N4O3. The highest BCUT2D eigenvalue weighted by molar-refractivity contribution is 6.05. The summed E-state index contributed by atoms with van der Waals surface area (Å²) in [6.07, 6.45) is 4.43. The van der Waals surface area contributed by atoms with E-state index in [1.54, 1.807) is 4.90 Å². The van der Waals surface area contributed by atoms with Crippen LogP contribution in [0.2, 0.25) is 0 Å². The van der Waals surface area contributed by atoms with Gasteiger partial charge in [-0.1, -0.05) is 12.1 Å². The average molecular weight is 396 g/mol. The second-order valence-corrected chi connectivity index (χ2v) is 9.01. The first-order valence-electron chi connectivity index (χ1n) is 10.7. The number of hydrogen-bond donors (Lipinski definition) is 2. The van der Waals surface area contributed by atoms with Gasteiger partial charge in [-0.05, 0) is 61.3 Å². The van der Waals surface area contributed by atoms with Gasteiger partial charge in [-0.3, -0.25) is 24.6 Å². The molecule has 154 valence electrons. The molecule has 1 aromatic rings. The van der Waals surface area contributed by atoms with Crippen LogP contribution in [-0.2, 0) is 22.7 Å². The van der Waals surface area contributed by atoms with Crippen LogP contribution in [0.15, 0.2) is 18.2 Å². The number of carbonyl (C=O) groups is 3. The highest BCUT2D eigenvalue weighted by Crippen LogP contribution is 2.40. The minimum atomic E-state index is -0.562. The summed E-state index contributed by atoms with van der Waals surface area (Å²) in [5.74, 6) is 0.581. The van der Waals surface area contributed by atoms with Crippen LogP contribution < -0.4 is 11.1 Å². The van der Waals surface area contributed by atoms with Gasteiger partial charge in [0.25, 0.3) is 5.91 Å². The van der Waals surface area contributed by atoms with Gasteiger partial charge in [0.2, 0.25) is 11.8 Å². The van der Waals surface area contributed by atoms with E-state index in [0.717, 1.165) is 31.1 Å². The lowest BCUT2D eigenvalue weighted by Gasteiger charge is -2.50. The number of carbonyl (C=O) groups excluding carboxylic acids is 3. The lowest BCUT2D eigenvalue weighted by atomic mass is 9.72. The number of nitrogens with one attached hydrogen (secondary N) is 1. The quantitative estimate of drug-likeness (QED) is 0.741. The van der Waals surface area contributed by atoms with Gasteiger partial charge in [0, 0.05) is 37.7 Å². The minimum Gasteiger partial charge on any atom is -0.330 e. The molecule has 1 aromatic carbocycles. The molecule has 2 bridgehead atoms. The fourth-order valence-corrected chi connectivity index (χ4v) is 5.91. The normalized spacial score (nSPS) is 31.9. The summed E-state index contributed by atoms with van der Waals surface area (Å²) in [6.45, 7) is 3.12. The van der Waals surface area contributed by atoms with Crippen molar-refractivity contribution in [1.82, 2.24) is 15.1 Å². The first-order valence-corrected chi connectivity index (χ1v) is 10.7. The number of nitrogens with zero attached hydrogens (tertiary/aromatic N) is 2. The van der Waals surface area contributed by atoms with E-state index in [1.807, 2.05) is 12.1 Å². The Morgan fingerprint density at radius 2 is 2.00 bits per heavy atom. The van der Waals surface area contributed by atoms with Crippen LogP contribution in [0, 0.1) is 11.8 Å². The Hall–Kier alpha value is -2.25. The third-order valence-corrected chi connectivity index (χ3v) is 7.37. The van der Waals surface area contributed by atoms with E-state index in [-0.39, 0.29) is 24.1 Å². The van der Waals surface area contributed by atoms with Crippen molar-refractivity contribution in [2.75, 3.05) is 13.1 Å². The van der Waals surface area contributed by atoms with Crippen LogP contribution in [0.1, 0.15) is 53.6 Å². The monoisotopic (exact) mass is 396 g/mol. The molecule has 4 aliphatic heterocycles. The Kier molecular flexibility index (Phi) is 4.67. The highest BCUT2D eigenvalue weighted by atomic mass is 16.2. The molecule has 3 amide bonds. The third-order valence-electron chi connectivity index (χ3n) is 7.37. The van der Waals surface area contributed by atoms with Crippen molar-refractivity contribution in [3.63, 3.8) is 0 Å². The molecule has 29 heavy (non-hydrogen) atoms. The summed E-state index contributed by atoms with van der Waals surface area (Å²) in [6, 6.07) is 5.89. The van der Waals surface area contributed by atoms with Crippen LogP contribution in [0.3, 0.4) is 0 Å². The van der Waals surface area contributed by atoms with E-state index in [9.17, 15) is 14.4 Å². The van der Waals surface area contributed by atoms with Crippen molar-refractivity contribution >= 4 is 17.7 Å². The molecule has 7 heteroatoms. The molecule has 6 rings (SSSR count). The number of hydrogen-bond acceptors (Lipinski definition) is 5. The van der Waals surface area contributed by atoms with Crippen LogP contribution >= 0.6 is 0 Å². The number of piperidine rings is 3. The van der Waals surface area contributed by atoms with Gasteiger partial charge in [-0.15, -0.1) is 0 Å². The predicted octanol–water partition coefficient (Wildman–Crippen LogP) is 1.01. The molecular weight excluding hydrogens is 368 g/mol. The van der Waals surface area contributed by atoms with Crippen LogP contribution in [0.4, 0.5) is 0 Å². The molecule has 5 aliphatic rings. The SMILES string of the molecule is NCC1CC2CCC1N(Cc1cccc3c1CN(C1CCC(=O)NC1=O)C3=O)C2. The molecule has 4 unspecified atom stereocenters. The summed E-state index contributed by atoms with van der Waals surface area (Å²) in [4.78, 5) is 41.0. The maximum Gasteiger partial charge on any atom is 0.255 e. The van der Waals surface area contributed by atoms with E-state index < -0.39 is 6.04 Å². The number of fused-ring (bicyclic) bond motifs is 4. The topological polar surface area (TPSA) is 95.7 Å². The Morgan fingerprint density at radius 1 is 1.14 bits per heavy atom. The zero-order valence-electron chi connectivity index (χ0n) is 16.6. The summed E-state index contributed by atoms with van der Waals surface area (Å²) in [5, 5.41) is 2.37. The Morgan fingerprint density at radius 3 is 2.76 bits per heavy atom. The first kappa shape index (κ1) is 18.8. The second kappa shape index (κ2) is 7.22. The summed E-state index contributed by atoms with van der Waals surface area (Å²) >= 11 is 0. The molecule has 1 saturated carbocycles. The van der Waals surface area contributed by atoms with Gasteiger partial charge < -0.3 is 10.6 Å². The largest absolute Gasteiger partial charge is 0.330 e. The minimum absolute atomic E-state index is 0.101. The molecule has 0 radical (unpaired) electrons. The molecule has 0 spiro atoms. The molecule has 7 nitrogen and oxygen atoms in total. The van der Waals surface area contributed by atoms with Gasteiger partial charge in [0.05, 0.1) is 0 Å². The first-order chi connectivity index (χ1) is 14.0. The zero-order valence-corrected chi connectivity index (χ0v) is 16.6. The highest BCUT2D eigenvalue weighted by Gasteiger charge is 2.42. The van der Waals surface area contributed by atoms with Gasteiger partial charge in [0.1, 0.15) is 6.04 Å². The molecule has 3 N–H and O–H groups in total. The fourth-order valence-electron chi connectivity index (χ4n) is 5.91. The van der Waals surface area contributed by atoms with Crippen molar-refractivity contribution in [1.29, 1.82) is 0 Å². The maximum atomic E-state index is 13.0. The second-order valence-electron chi connectivity index (χ2n) is 9.01. The summed E-state index contributed by atoms with van der Waals surface area (Å²) < 4.78 is 0. The molecule has 0 aromatic heterocycles. The lowest BCUT2D eigenvalue weighted by Crippen LogP contribution is -2.54. The zero-order chi connectivity index (χ0) is 20.1. The van der Waals surface area contributed by atoms with Crippen molar-refractivity contribution in [3.8, 4) is 0 Å². The van der Waals surface area contributed by atoms with E-state index in [1.165, 1.54) is 24.8 Å². The van der Waals surface area contributed by atoms with E-state index in [0.29, 0.717) is 30.5 Å². The van der Waals surface area contributed by atoms with Crippen molar-refractivity contribution in [3.05, 3.63) is 34.9 Å². The van der Waals surface area contributed by atoms with Gasteiger partial charge in [0.15, 0.2) is 0 Å². The van der Waals surface area contributed by atoms with Crippen molar-refractivity contribution in [2.24, 2.45) is 17.6 Å². The van der Waals surface area contributed by atoms with Gasteiger partial charge in [-0.2, -0.15) is 0 Å². The fraction of sp³-hybridized carbons (Fsp3) is 0.591. The standard InChI is InChI=1S/C22H28N4O3/c23-9-15-8-13-4-5-18(15)25(10-13)11-14-2-1-3-16-17(14)12-26(22(16)29)19-6-7-20(27)24-21(19)28/h1-3,13,15,18-19H,4-12,23H2,(H,24,27,28). The maximum absolute atomic E-state index is 13.0. The van der Waals surface area contributed by atoms with Crippen LogP contribution in [-0.4, -0.2) is 52.7 Å². The molecule has 3 saturated heterocycles. The van der Waals surface area contributed by atoms with E-state index >= 15 is 0 Å². The third kappa shape index (κ3) is 3.16. The van der Waals surface area contributed by atoms with Crippen molar-refractivity contribution < 1.29 is 14.4 Å². The predicted molar refractivity (Wildman–Crippen MR) is 107 cm³/mol. The number of amides is 3.